The van der Waals surface area contributed by atoms with Crippen LogP contribution in [0.2, 0.25) is 5.02 Å². The number of benzene rings is 1. The fourth-order valence-electron chi connectivity index (χ4n) is 4.75. The molecule has 2 atom stereocenters. The molecule has 0 spiro atoms. The van der Waals surface area contributed by atoms with Gasteiger partial charge in [-0.05, 0) is 44.2 Å². The first-order valence-corrected chi connectivity index (χ1v) is 10.7. The van der Waals surface area contributed by atoms with Gasteiger partial charge in [-0.3, -0.25) is 14.4 Å². The van der Waals surface area contributed by atoms with Crippen molar-refractivity contribution >= 4 is 29.3 Å². The highest BCUT2D eigenvalue weighted by Gasteiger charge is 2.69. The maximum atomic E-state index is 13.4. The molecule has 3 aliphatic carbocycles. The normalized spacial score (nSPS) is 30.5. The van der Waals surface area contributed by atoms with Crippen LogP contribution in [-0.4, -0.2) is 54.2 Å². The Kier molecular flexibility index (Phi) is 5.83. The summed E-state index contributed by atoms with van der Waals surface area (Å²) in [5.41, 5.74) is -0.604. The Morgan fingerprint density at radius 2 is 1.90 bits per heavy atom. The van der Waals surface area contributed by atoms with E-state index in [9.17, 15) is 18.8 Å². The molecule has 3 amide bonds. The number of hydrogen-bond donors (Lipinski definition) is 3. The van der Waals surface area contributed by atoms with E-state index in [1.165, 1.54) is 19.1 Å². The summed E-state index contributed by atoms with van der Waals surface area (Å²) >= 11 is 5.62. The average molecular weight is 454 g/mol. The monoisotopic (exact) mass is 453 g/mol. The summed E-state index contributed by atoms with van der Waals surface area (Å²) in [6.45, 7) is 1.62. The molecule has 1 heterocycles. The predicted molar refractivity (Wildman–Crippen MR) is 109 cm³/mol. The molecule has 4 aliphatic rings. The van der Waals surface area contributed by atoms with Gasteiger partial charge < -0.3 is 25.4 Å². The van der Waals surface area contributed by atoms with Crippen molar-refractivity contribution in [3.8, 4) is 5.75 Å². The van der Waals surface area contributed by atoms with Crippen LogP contribution in [0.15, 0.2) is 18.2 Å². The zero-order chi connectivity index (χ0) is 22.2. The maximum absolute atomic E-state index is 13.4. The molecule has 5 rings (SSSR count). The lowest BCUT2D eigenvalue weighted by Gasteiger charge is -2.70. The summed E-state index contributed by atoms with van der Waals surface area (Å²) in [7, 11) is 0. The van der Waals surface area contributed by atoms with E-state index in [2.05, 4.69) is 16.0 Å². The van der Waals surface area contributed by atoms with E-state index < -0.39 is 11.9 Å². The van der Waals surface area contributed by atoms with Crippen LogP contribution in [0.1, 0.15) is 39.0 Å². The molecule has 0 radical (unpaired) electrons. The summed E-state index contributed by atoms with van der Waals surface area (Å²) < 4.78 is 24.5. The van der Waals surface area contributed by atoms with Gasteiger partial charge in [0.15, 0.2) is 6.61 Å². The number of amides is 3. The lowest BCUT2D eigenvalue weighted by atomic mass is 9.44. The molecule has 10 heteroatoms. The summed E-state index contributed by atoms with van der Waals surface area (Å²) in [5, 5.41) is 8.71. The summed E-state index contributed by atoms with van der Waals surface area (Å²) in [6, 6.07) is 4.00. The van der Waals surface area contributed by atoms with E-state index in [-0.39, 0.29) is 52.3 Å². The van der Waals surface area contributed by atoms with Gasteiger partial charge in [-0.2, -0.15) is 0 Å². The maximum Gasteiger partial charge on any atom is 0.258 e. The van der Waals surface area contributed by atoms with Gasteiger partial charge in [0.05, 0.1) is 11.1 Å². The Morgan fingerprint density at radius 3 is 2.58 bits per heavy atom. The third-order valence-corrected chi connectivity index (χ3v) is 6.37. The van der Waals surface area contributed by atoms with Gasteiger partial charge in [0.25, 0.3) is 5.91 Å². The third kappa shape index (κ3) is 4.77. The summed E-state index contributed by atoms with van der Waals surface area (Å²) in [6.07, 6.45) is 2.68. The van der Waals surface area contributed by atoms with Crippen molar-refractivity contribution in [2.24, 2.45) is 0 Å². The van der Waals surface area contributed by atoms with Gasteiger partial charge in [-0.1, -0.05) is 11.6 Å². The number of hydrogen-bond acceptors (Lipinski definition) is 5. The van der Waals surface area contributed by atoms with E-state index in [0.717, 1.165) is 12.5 Å². The predicted octanol–water partition coefficient (Wildman–Crippen LogP) is 1.45. The van der Waals surface area contributed by atoms with Gasteiger partial charge in [0.1, 0.15) is 17.7 Å². The van der Waals surface area contributed by atoms with Crippen LogP contribution < -0.4 is 20.7 Å². The fourth-order valence-corrected chi connectivity index (χ4v) is 4.87. The average Bonchev–Trinajstić information content (AvgIpc) is 3.14. The van der Waals surface area contributed by atoms with Crippen LogP contribution >= 0.6 is 11.6 Å². The first kappa shape index (κ1) is 21.8. The molecule has 168 valence electrons. The molecule has 1 saturated heterocycles. The van der Waals surface area contributed by atoms with Gasteiger partial charge in [-0.25, -0.2) is 4.39 Å². The smallest absolute Gasteiger partial charge is 0.258 e. The minimum Gasteiger partial charge on any atom is -0.484 e. The molecule has 8 nitrogen and oxygen atoms in total. The van der Waals surface area contributed by atoms with E-state index in [0.29, 0.717) is 32.2 Å². The van der Waals surface area contributed by atoms with Gasteiger partial charge in [-0.15, -0.1) is 0 Å². The number of carbonyl (C=O) groups excluding carboxylic acids is 3. The van der Waals surface area contributed by atoms with Crippen LogP contribution in [0.25, 0.3) is 0 Å². The van der Waals surface area contributed by atoms with E-state index >= 15 is 0 Å². The fraction of sp³-hybridized carbons (Fsp3) is 0.571. The molecule has 31 heavy (non-hydrogen) atoms. The molecular formula is C21H25ClFN3O5. The zero-order valence-electron chi connectivity index (χ0n) is 17.1. The van der Waals surface area contributed by atoms with Crippen LogP contribution in [0.4, 0.5) is 4.39 Å². The third-order valence-electron chi connectivity index (χ3n) is 6.06. The highest BCUT2D eigenvalue weighted by molar-refractivity contribution is 6.30. The number of nitrogens with one attached hydrogen (secondary N) is 3. The number of halogens is 2. The molecule has 1 aromatic carbocycles. The topological polar surface area (TPSA) is 106 Å². The van der Waals surface area contributed by atoms with Crippen LogP contribution in [0, 0.1) is 5.82 Å². The summed E-state index contributed by atoms with van der Waals surface area (Å²) in [5.74, 6) is -0.937. The van der Waals surface area contributed by atoms with Crippen molar-refractivity contribution < 1.29 is 28.2 Å². The van der Waals surface area contributed by atoms with E-state index in [1.807, 2.05) is 0 Å². The lowest BCUT2D eigenvalue weighted by molar-refractivity contribution is -0.156. The van der Waals surface area contributed by atoms with Crippen molar-refractivity contribution in [1.29, 1.82) is 0 Å². The lowest BCUT2D eigenvalue weighted by Crippen LogP contribution is -2.84. The molecule has 4 fully saturated rings. The second-order valence-corrected chi connectivity index (χ2v) is 9.16. The second kappa shape index (κ2) is 8.27. The zero-order valence-corrected chi connectivity index (χ0v) is 17.9. The molecular weight excluding hydrogens is 429 g/mol. The molecule has 1 aromatic rings. The van der Waals surface area contributed by atoms with Crippen molar-refractivity contribution in [3.05, 3.63) is 29.0 Å². The van der Waals surface area contributed by atoms with Crippen molar-refractivity contribution in [1.82, 2.24) is 16.0 Å². The van der Waals surface area contributed by atoms with Gasteiger partial charge in [0, 0.05) is 30.6 Å². The first-order valence-electron chi connectivity index (χ1n) is 10.3. The molecule has 2 unspecified atom stereocenters. The Balaban J connectivity index is 1.17. The van der Waals surface area contributed by atoms with Crippen molar-refractivity contribution in [2.45, 2.75) is 62.3 Å². The first-order chi connectivity index (χ1) is 14.7. The highest BCUT2D eigenvalue weighted by Crippen LogP contribution is 2.60. The Bertz CT molecular complexity index is 891. The Morgan fingerprint density at radius 1 is 1.19 bits per heavy atom. The number of carbonyl (C=O) groups is 3. The number of ether oxygens (including phenoxy) is 2. The Hall–Kier alpha value is -2.39. The molecule has 3 saturated carbocycles. The standard InChI is InChI=1S/C21H25ClFN3O5/c1-12(27)24-7-14-3-5-17(31-14)19(29)26-21-9-20(10-21,11-21)25-18(28)8-30-13-2-4-15(22)16(23)6-13/h2,4,6,14,17H,3,5,7-11H2,1H3,(H,24,27)(H,25,28)(H,26,29). The quantitative estimate of drug-likeness (QED) is 0.552. The van der Waals surface area contributed by atoms with Crippen molar-refractivity contribution in [3.63, 3.8) is 0 Å². The van der Waals surface area contributed by atoms with Gasteiger partial charge in [0.2, 0.25) is 11.8 Å². The van der Waals surface area contributed by atoms with Crippen LogP contribution in [0.5, 0.6) is 5.75 Å². The van der Waals surface area contributed by atoms with Crippen LogP contribution in [0.3, 0.4) is 0 Å². The Labute approximate surface area is 184 Å². The number of rotatable bonds is 8. The SMILES string of the molecule is CC(=O)NCC1CCC(C(=O)NC23CC(NC(=O)COc4ccc(Cl)c(F)c4)(C2)C3)O1. The minimum absolute atomic E-state index is 0.00994. The van der Waals surface area contributed by atoms with Gasteiger partial charge >= 0.3 is 0 Å². The van der Waals surface area contributed by atoms with E-state index in [1.54, 1.807) is 0 Å². The second-order valence-electron chi connectivity index (χ2n) is 8.75. The molecule has 3 N–H and O–H groups in total. The molecule has 0 aromatic heterocycles. The minimum atomic E-state index is -0.607. The van der Waals surface area contributed by atoms with E-state index in [4.69, 9.17) is 21.1 Å². The van der Waals surface area contributed by atoms with Crippen LogP contribution in [-0.2, 0) is 19.1 Å². The summed E-state index contributed by atoms with van der Waals surface area (Å²) in [4.78, 5) is 35.7. The van der Waals surface area contributed by atoms with Crippen molar-refractivity contribution in [2.75, 3.05) is 13.2 Å². The largest absolute Gasteiger partial charge is 0.484 e. The highest BCUT2D eigenvalue weighted by atomic mass is 35.5. The molecule has 2 bridgehead atoms. The molecule has 1 aliphatic heterocycles.